The van der Waals surface area contributed by atoms with Crippen molar-refractivity contribution < 1.29 is 18.6 Å². The summed E-state index contributed by atoms with van der Waals surface area (Å²) < 4.78 is 29.2. The van der Waals surface area contributed by atoms with Crippen LogP contribution in [0.5, 0.6) is 5.75 Å². The zero-order valence-corrected chi connectivity index (χ0v) is 11.8. The van der Waals surface area contributed by atoms with Gasteiger partial charge >= 0.3 is 6.61 Å². The number of hydrogen-bond donors (Lipinski definition) is 2. The van der Waals surface area contributed by atoms with Crippen molar-refractivity contribution in [3.63, 3.8) is 0 Å². The average Bonchev–Trinajstić information content (AvgIpc) is 2.88. The van der Waals surface area contributed by atoms with Crippen LogP contribution in [-0.2, 0) is 6.54 Å². The molecule has 20 heavy (non-hydrogen) atoms. The molecule has 0 aromatic heterocycles. The molecule has 0 atom stereocenters. The van der Waals surface area contributed by atoms with Crippen molar-refractivity contribution >= 4 is 11.6 Å². The summed E-state index contributed by atoms with van der Waals surface area (Å²) in [6.45, 7) is -2.49. The molecule has 1 aromatic rings. The fraction of sp³-hybridized carbons (Fsp3) is 0.571. The molecule has 6 heteroatoms. The van der Waals surface area contributed by atoms with Crippen molar-refractivity contribution in [3.8, 4) is 5.75 Å². The first-order valence-electron chi connectivity index (χ1n) is 6.64. The van der Waals surface area contributed by atoms with Crippen molar-refractivity contribution in [1.82, 2.24) is 5.32 Å². The number of hydrogen-bond acceptors (Lipinski definition) is 3. The Morgan fingerprint density at radius 3 is 2.65 bits per heavy atom. The number of nitrogens with one attached hydrogen (secondary N) is 1. The minimum atomic E-state index is -2.87. The quantitative estimate of drug-likeness (QED) is 0.847. The van der Waals surface area contributed by atoms with Crippen LogP contribution in [-0.4, -0.2) is 23.9 Å². The van der Waals surface area contributed by atoms with Crippen LogP contribution < -0.4 is 10.1 Å². The first kappa shape index (κ1) is 15.5. The molecule has 1 aromatic carbocycles. The first-order chi connectivity index (χ1) is 9.54. The molecule has 1 fully saturated rings. The zero-order chi connectivity index (χ0) is 14.6. The second-order valence-corrected chi connectivity index (χ2v) is 5.57. The summed E-state index contributed by atoms with van der Waals surface area (Å²) in [5.41, 5.74) is 0.252. The van der Waals surface area contributed by atoms with Gasteiger partial charge in [-0.25, -0.2) is 0 Å². The highest BCUT2D eigenvalue weighted by Gasteiger charge is 2.32. The van der Waals surface area contributed by atoms with Crippen molar-refractivity contribution in [3.05, 3.63) is 28.8 Å². The maximum Gasteiger partial charge on any atom is 0.387 e. The molecule has 0 bridgehead atoms. The van der Waals surface area contributed by atoms with E-state index in [1.54, 1.807) is 6.07 Å². The monoisotopic (exact) mass is 305 g/mol. The number of halogens is 3. The smallest absolute Gasteiger partial charge is 0.387 e. The Bertz CT molecular complexity index is 451. The van der Waals surface area contributed by atoms with Gasteiger partial charge in [-0.05, 0) is 31.0 Å². The zero-order valence-electron chi connectivity index (χ0n) is 11.0. The molecule has 1 aliphatic rings. The molecule has 0 saturated heterocycles. The maximum absolute atomic E-state index is 12.4. The maximum atomic E-state index is 12.4. The Labute approximate surface area is 121 Å². The van der Waals surface area contributed by atoms with Gasteiger partial charge in [0.15, 0.2) is 0 Å². The van der Waals surface area contributed by atoms with Gasteiger partial charge in [0.25, 0.3) is 0 Å². The third kappa shape index (κ3) is 3.81. The van der Waals surface area contributed by atoms with Crippen molar-refractivity contribution in [2.75, 3.05) is 6.61 Å². The number of aliphatic hydroxyl groups is 1. The topological polar surface area (TPSA) is 41.5 Å². The van der Waals surface area contributed by atoms with E-state index >= 15 is 0 Å². The van der Waals surface area contributed by atoms with E-state index in [9.17, 15) is 13.9 Å². The molecule has 2 rings (SSSR count). The number of alkyl halides is 2. The van der Waals surface area contributed by atoms with Gasteiger partial charge in [-0.3, -0.25) is 0 Å². The van der Waals surface area contributed by atoms with Gasteiger partial charge in [-0.1, -0.05) is 24.4 Å². The number of ether oxygens (including phenoxy) is 1. The molecule has 112 valence electrons. The van der Waals surface area contributed by atoms with Crippen LogP contribution in [0.1, 0.15) is 31.2 Å². The van der Waals surface area contributed by atoms with Crippen LogP contribution in [0.3, 0.4) is 0 Å². The van der Waals surface area contributed by atoms with Crippen LogP contribution in [0.15, 0.2) is 18.2 Å². The highest BCUT2D eigenvalue weighted by Crippen LogP contribution is 2.31. The third-order valence-electron chi connectivity index (χ3n) is 3.76. The molecule has 0 heterocycles. The predicted octanol–water partition coefficient (Wildman–Crippen LogP) is 3.34. The van der Waals surface area contributed by atoms with E-state index in [4.69, 9.17) is 11.6 Å². The summed E-state index contributed by atoms with van der Waals surface area (Å²) in [7, 11) is 0. The van der Waals surface area contributed by atoms with Crippen molar-refractivity contribution in [2.45, 2.75) is 44.4 Å². The van der Waals surface area contributed by atoms with Crippen LogP contribution in [0.25, 0.3) is 0 Å². The van der Waals surface area contributed by atoms with E-state index in [1.165, 1.54) is 12.1 Å². The third-order valence-corrected chi connectivity index (χ3v) is 3.99. The lowest BCUT2D eigenvalue weighted by Crippen LogP contribution is -2.45. The SMILES string of the molecule is OCC1(NCc2cc(Cl)ccc2OC(F)F)CCCC1. The lowest BCUT2D eigenvalue weighted by Gasteiger charge is -2.28. The normalized spacial score (nSPS) is 17.6. The van der Waals surface area contributed by atoms with E-state index in [-0.39, 0.29) is 17.9 Å². The first-order valence-corrected chi connectivity index (χ1v) is 7.02. The molecular formula is C14H18ClF2NO2. The fourth-order valence-electron chi connectivity index (χ4n) is 2.62. The van der Waals surface area contributed by atoms with E-state index in [0.717, 1.165) is 25.7 Å². The summed E-state index contributed by atoms with van der Waals surface area (Å²) in [5, 5.41) is 13.3. The second-order valence-electron chi connectivity index (χ2n) is 5.13. The molecule has 0 spiro atoms. The Morgan fingerprint density at radius 2 is 2.05 bits per heavy atom. The molecule has 0 aliphatic heterocycles. The summed E-state index contributed by atoms with van der Waals surface area (Å²) in [6.07, 6.45) is 3.89. The average molecular weight is 306 g/mol. The van der Waals surface area contributed by atoms with Crippen molar-refractivity contribution in [1.29, 1.82) is 0 Å². The van der Waals surface area contributed by atoms with E-state index in [1.807, 2.05) is 0 Å². The minimum Gasteiger partial charge on any atom is -0.434 e. The second kappa shape index (κ2) is 6.70. The number of rotatable bonds is 6. The largest absolute Gasteiger partial charge is 0.434 e. The Balaban J connectivity index is 2.09. The summed E-state index contributed by atoms with van der Waals surface area (Å²) in [4.78, 5) is 0. The van der Waals surface area contributed by atoms with Gasteiger partial charge in [0.1, 0.15) is 5.75 Å². The fourth-order valence-corrected chi connectivity index (χ4v) is 2.82. The summed E-state index contributed by atoms with van der Waals surface area (Å²) in [5.74, 6) is 0.114. The Kier molecular flexibility index (Phi) is 5.18. The van der Waals surface area contributed by atoms with Gasteiger partial charge in [-0.15, -0.1) is 0 Å². The highest BCUT2D eigenvalue weighted by atomic mass is 35.5. The standard InChI is InChI=1S/C14H18ClF2NO2/c15-11-3-4-12(20-13(16)17)10(7-11)8-18-14(9-19)5-1-2-6-14/h3-4,7,13,18-19H,1-2,5-6,8-9H2. The molecule has 0 radical (unpaired) electrons. The molecule has 0 unspecified atom stereocenters. The Hall–Kier alpha value is -0.910. The molecule has 2 N–H and O–H groups in total. The lowest BCUT2D eigenvalue weighted by atomic mass is 9.98. The molecule has 3 nitrogen and oxygen atoms in total. The molecule has 1 saturated carbocycles. The molecule has 0 amide bonds. The van der Waals surface area contributed by atoms with Crippen LogP contribution in [0.2, 0.25) is 5.02 Å². The van der Waals surface area contributed by atoms with E-state index in [0.29, 0.717) is 17.1 Å². The summed E-state index contributed by atoms with van der Waals surface area (Å²) >= 11 is 5.90. The van der Waals surface area contributed by atoms with E-state index < -0.39 is 6.61 Å². The number of aliphatic hydroxyl groups excluding tert-OH is 1. The number of benzene rings is 1. The highest BCUT2D eigenvalue weighted by molar-refractivity contribution is 6.30. The van der Waals surface area contributed by atoms with Gasteiger partial charge in [0.2, 0.25) is 0 Å². The summed E-state index contributed by atoms with van der Waals surface area (Å²) in [6, 6.07) is 4.55. The predicted molar refractivity (Wildman–Crippen MR) is 73.2 cm³/mol. The van der Waals surface area contributed by atoms with Crippen LogP contribution in [0, 0.1) is 0 Å². The van der Waals surface area contributed by atoms with Gasteiger partial charge in [0, 0.05) is 22.7 Å². The van der Waals surface area contributed by atoms with Crippen LogP contribution >= 0.6 is 11.6 Å². The Morgan fingerprint density at radius 1 is 1.35 bits per heavy atom. The lowest BCUT2D eigenvalue weighted by molar-refractivity contribution is -0.0505. The van der Waals surface area contributed by atoms with Gasteiger partial charge in [-0.2, -0.15) is 8.78 Å². The minimum absolute atomic E-state index is 0.0403. The van der Waals surface area contributed by atoms with E-state index in [2.05, 4.69) is 10.1 Å². The molecule has 1 aliphatic carbocycles. The van der Waals surface area contributed by atoms with Crippen molar-refractivity contribution in [2.24, 2.45) is 0 Å². The van der Waals surface area contributed by atoms with Gasteiger partial charge < -0.3 is 15.2 Å². The van der Waals surface area contributed by atoms with Gasteiger partial charge in [0.05, 0.1) is 6.61 Å². The molecular weight excluding hydrogens is 288 g/mol. The van der Waals surface area contributed by atoms with Crippen LogP contribution in [0.4, 0.5) is 8.78 Å².